The summed E-state index contributed by atoms with van der Waals surface area (Å²) in [5.41, 5.74) is -0.161. The Morgan fingerprint density at radius 2 is 1.62 bits per heavy atom. The number of carboxylic acids is 1. The van der Waals surface area contributed by atoms with Crippen LogP contribution >= 0.6 is 34.8 Å². The van der Waals surface area contributed by atoms with Crippen molar-refractivity contribution in [3.63, 3.8) is 0 Å². The Labute approximate surface area is 91.0 Å². The van der Waals surface area contributed by atoms with Gasteiger partial charge in [-0.05, 0) is 12.1 Å². The van der Waals surface area contributed by atoms with Crippen molar-refractivity contribution < 1.29 is 9.90 Å². The molecule has 0 aliphatic heterocycles. The maximum Gasteiger partial charge on any atom is 0.338 e. The lowest BCUT2D eigenvalue weighted by molar-refractivity contribution is 0.0697. The SMILES string of the molecule is O=C(O)c1c(Cl)ccc(Cl)c1Cl.[CH3]. The lowest BCUT2D eigenvalue weighted by atomic mass is 10.2. The summed E-state index contributed by atoms with van der Waals surface area (Å²) >= 11 is 16.7. The molecule has 2 nitrogen and oxygen atoms in total. The van der Waals surface area contributed by atoms with Crippen LogP contribution in [-0.4, -0.2) is 11.1 Å². The molecule has 0 unspecified atom stereocenters. The van der Waals surface area contributed by atoms with Crippen molar-refractivity contribution in [3.05, 3.63) is 40.2 Å². The van der Waals surface area contributed by atoms with E-state index in [1.807, 2.05) is 0 Å². The van der Waals surface area contributed by atoms with E-state index >= 15 is 0 Å². The molecule has 1 aromatic rings. The monoisotopic (exact) mass is 239 g/mol. The first-order chi connectivity index (χ1) is 5.54. The molecule has 0 fully saturated rings. The lowest BCUT2D eigenvalue weighted by Crippen LogP contribution is -1.98. The summed E-state index contributed by atoms with van der Waals surface area (Å²) in [7, 11) is 0. The van der Waals surface area contributed by atoms with Gasteiger partial charge in [0.25, 0.3) is 0 Å². The van der Waals surface area contributed by atoms with Crippen molar-refractivity contribution in [3.8, 4) is 0 Å². The Kier molecular flexibility index (Phi) is 4.54. The topological polar surface area (TPSA) is 37.3 Å². The highest BCUT2D eigenvalue weighted by molar-refractivity contribution is 6.45. The first-order valence-corrected chi connectivity index (χ1v) is 4.04. The maximum atomic E-state index is 10.6. The molecule has 0 bridgehead atoms. The van der Waals surface area contributed by atoms with Crippen LogP contribution in [-0.2, 0) is 0 Å². The smallest absolute Gasteiger partial charge is 0.338 e. The van der Waals surface area contributed by atoms with E-state index in [4.69, 9.17) is 39.9 Å². The van der Waals surface area contributed by atoms with Gasteiger partial charge in [-0.1, -0.05) is 42.2 Å². The Bertz CT molecular complexity index is 336. The molecule has 0 saturated heterocycles. The third-order valence-corrected chi connectivity index (χ3v) is 2.38. The Balaban J connectivity index is 0.00000144. The number of benzene rings is 1. The molecule has 5 heteroatoms. The minimum Gasteiger partial charge on any atom is -0.478 e. The van der Waals surface area contributed by atoms with E-state index in [9.17, 15) is 4.79 Å². The van der Waals surface area contributed by atoms with Crippen LogP contribution in [0.25, 0.3) is 0 Å². The van der Waals surface area contributed by atoms with Crippen molar-refractivity contribution >= 4 is 40.8 Å². The van der Waals surface area contributed by atoms with Crippen molar-refractivity contribution in [1.29, 1.82) is 0 Å². The summed E-state index contributed by atoms with van der Waals surface area (Å²) in [5, 5.41) is 8.87. The normalized spacial score (nSPS) is 9.15. The minimum absolute atomic E-state index is 0. The van der Waals surface area contributed by atoms with Gasteiger partial charge in [-0.3, -0.25) is 0 Å². The summed E-state index contributed by atoms with van der Waals surface area (Å²) in [5.74, 6) is -1.19. The molecule has 71 valence electrons. The standard InChI is InChI=1S/C7H3Cl3O2.CH3/c8-3-1-2-4(9)6(10)5(3)7(11)12;/h1-2H,(H,11,12);1H3. The van der Waals surface area contributed by atoms with E-state index in [1.54, 1.807) is 0 Å². The molecule has 0 aliphatic rings. The fraction of sp³-hybridized carbons (Fsp3) is 0. The summed E-state index contributed by atoms with van der Waals surface area (Å²) in [6.45, 7) is 0. The van der Waals surface area contributed by atoms with Crippen LogP contribution in [0, 0.1) is 7.43 Å². The average Bonchev–Trinajstić information content (AvgIpc) is 1.97. The molecule has 0 aliphatic carbocycles. The average molecular weight is 240 g/mol. The van der Waals surface area contributed by atoms with Crippen LogP contribution in [0.5, 0.6) is 0 Å². The number of halogens is 3. The van der Waals surface area contributed by atoms with Gasteiger partial charge in [0.05, 0.1) is 20.6 Å². The quantitative estimate of drug-likeness (QED) is 0.758. The van der Waals surface area contributed by atoms with Gasteiger partial charge in [-0.2, -0.15) is 0 Å². The van der Waals surface area contributed by atoms with E-state index in [0.717, 1.165) is 0 Å². The second-order valence-electron chi connectivity index (χ2n) is 2.02. The highest BCUT2D eigenvalue weighted by atomic mass is 35.5. The van der Waals surface area contributed by atoms with E-state index in [1.165, 1.54) is 12.1 Å². The van der Waals surface area contributed by atoms with Crippen molar-refractivity contribution in [2.24, 2.45) is 0 Å². The zero-order chi connectivity index (χ0) is 9.30. The van der Waals surface area contributed by atoms with E-state index in [0.29, 0.717) is 0 Å². The second kappa shape index (κ2) is 4.70. The van der Waals surface area contributed by atoms with Gasteiger partial charge < -0.3 is 5.11 Å². The van der Waals surface area contributed by atoms with Crippen molar-refractivity contribution in [2.75, 3.05) is 0 Å². The summed E-state index contributed by atoms with van der Waals surface area (Å²) in [6.07, 6.45) is 0. The first-order valence-electron chi connectivity index (χ1n) is 2.91. The molecule has 0 atom stereocenters. The van der Waals surface area contributed by atoms with Crippen LogP contribution in [0.2, 0.25) is 15.1 Å². The molecule has 0 aromatic heterocycles. The second-order valence-corrected chi connectivity index (χ2v) is 3.22. The fourth-order valence-electron chi connectivity index (χ4n) is 0.723. The summed E-state index contributed by atoms with van der Waals surface area (Å²) in [6, 6.07) is 2.83. The van der Waals surface area contributed by atoms with E-state index in [2.05, 4.69) is 0 Å². The van der Waals surface area contributed by atoms with Crippen LogP contribution in [0.1, 0.15) is 10.4 Å². The van der Waals surface area contributed by atoms with Gasteiger partial charge in [0, 0.05) is 0 Å². The first kappa shape index (κ1) is 12.6. The molecule has 1 aromatic carbocycles. The molecule has 0 saturated carbocycles. The molecule has 0 spiro atoms. The van der Waals surface area contributed by atoms with E-state index < -0.39 is 5.97 Å². The highest BCUT2D eigenvalue weighted by Gasteiger charge is 2.15. The zero-order valence-corrected chi connectivity index (χ0v) is 8.91. The van der Waals surface area contributed by atoms with Crippen molar-refractivity contribution in [2.45, 2.75) is 0 Å². The molecule has 1 rings (SSSR count). The molecule has 1 radical (unpaired) electrons. The molecule has 1 N–H and O–H groups in total. The Morgan fingerprint density at radius 3 is 2.00 bits per heavy atom. The zero-order valence-electron chi connectivity index (χ0n) is 6.64. The number of hydrogen-bond donors (Lipinski definition) is 1. The predicted molar refractivity (Wildman–Crippen MR) is 54.8 cm³/mol. The van der Waals surface area contributed by atoms with Crippen LogP contribution in [0.3, 0.4) is 0 Å². The summed E-state index contributed by atoms with van der Waals surface area (Å²) < 4.78 is 0. The number of hydrogen-bond acceptors (Lipinski definition) is 1. The maximum absolute atomic E-state index is 10.6. The predicted octanol–water partition coefficient (Wildman–Crippen LogP) is 3.80. The number of carbonyl (C=O) groups is 1. The third kappa shape index (κ3) is 2.50. The van der Waals surface area contributed by atoms with Gasteiger partial charge in [-0.25, -0.2) is 4.79 Å². The van der Waals surface area contributed by atoms with Crippen molar-refractivity contribution in [1.82, 2.24) is 0 Å². The Morgan fingerprint density at radius 1 is 1.15 bits per heavy atom. The van der Waals surface area contributed by atoms with Crippen LogP contribution in [0.4, 0.5) is 0 Å². The highest BCUT2D eigenvalue weighted by Crippen LogP contribution is 2.30. The fourth-order valence-corrected chi connectivity index (χ4v) is 1.41. The van der Waals surface area contributed by atoms with Gasteiger partial charge in [0.1, 0.15) is 0 Å². The van der Waals surface area contributed by atoms with Crippen LogP contribution in [0.15, 0.2) is 12.1 Å². The Hall–Kier alpha value is -0.440. The van der Waals surface area contributed by atoms with Gasteiger partial charge >= 0.3 is 5.97 Å². The van der Waals surface area contributed by atoms with Gasteiger partial charge in [0.2, 0.25) is 0 Å². The molecular formula is C8H6Cl3O2. The lowest BCUT2D eigenvalue weighted by Gasteiger charge is -2.02. The number of carboxylic acid groups (broad SMARTS) is 1. The minimum atomic E-state index is -1.19. The molecular weight excluding hydrogens is 234 g/mol. The van der Waals surface area contributed by atoms with Crippen LogP contribution < -0.4 is 0 Å². The number of rotatable bonds is 1. The van der Waals surface area contributed by atoms with Gasteiger partial charge in [0.15, 0.2) is 0 Å². The van der Waals surface area contributed by atoms with Gasteiger partial charge in [-0.15, -0.1) is 0 Å². The molecule has 13 heavy (non-hydrogen) atoms. The summed E-state index contributed by atoms with van der Waals surface area (Å²) in [4.78, 5) is 10.6. The largest absolute Gasteiger partial charge is 0.478 e. The van der Waals surface area contributed by atoms with E-state index in [-0.39, 0.29) is 28.1 Å². The third-order valence-electron chi connectivity index (χ3n) is 1.26. The molecule has 0 amide bonds. The number of aromatic carboxylic acids is 1. The molecule has 0 heterocycles.